The molecule has 2 aromatic rings. The second kappa shape index (κ2) is 12.6. The summed E-state index contributed by atoms with van der Waals surface area (Å²) in [6, 6.07) is 11.6. The fourth-order valence-corrected chi connectivity index (χ4v) is 4.89. The summed E-state index contributed by atoms with van der Waals surface area (Å²) in [4.78, 5) is 31.3. The number of benzene rings is 1. The molecule has 4 rings (SSSR count). The Labute approximate surface area is 208 Å². The van der Waals surface area contributed by atoms with E-state index in [4.69, 9.17) is 4.74 Å². The van der Waals surface area contributed by atoms with Crippen molar-refractivity contribution in [3.63, 3.8) is 0 Å². The molecule has 2 amide bonds. The first-order valence-electron chi connectivity index (χ1n) is 13.0. The minimum atomic E-state index is -0.266. The zero-order chi connectivity index (χ0) is 24.5. The number of amides is 2. The molecule has 1 aromatic heterocycles. The van der Waals surface area contributed by atoms with Crippen LogP contribution in [0.1, 0.15) is 66.4 Å². The summed E-state index contributed by atoms with van der Waals surface area (Å²) in [5.74, 6) is 1.74. The van der Waals surface area contributed by atoms with Crippen LogP contribution in [0.2, 0.25) is 0 Å². The highest BCUT2D eigenvalue weighted by Crippen LogP contribution is 2.24. The van der Waals surface area contributed by atoms with Gasteiger partial charge in [0.15, 0.2) is 0 Å². The van der Waals surface area contributed by atoms with Crippen LogP contribution < -0.4 is 10.6 Å². The third-order valence-electron chi connectivity index (χ3n) is 7.23. The Kier molecular flexibility index (Phi) is 8.98. The normalized spacial score (nSPS) is 17.1. The third-order valence-corrected chi connectivity index (χ3v) is 7.23. The topological polar surface area (TPSA) is 83.6 Å². The van der Waals surface area contributed by atoms with Crippen molar-refractivity contribution in [3.8, 4) is 0 Å². The van der Waals surface area contributed by atoms with Crippen molar-refractivity contribution in [1.82, 2.24) is 15.2 Å². The molecule has 35 heavy (non-hydrogen) atoms. The minimum absolute atomic E-state index is 0.0759. The van der Waals surface area contributed by atoms with Crippen LogP contribution in [0.5, 0.6) is 0 Å². The number of carbonyl (C=O) groups excluding carboxylic acids is 2. The second-order valence-electron chi connectivity index (χ2n) is 10.00. The molecule has 1 saturated carbocycles. The van der Waals surface area contributed by atoms with Crippen molar-refractivity contribution >= 4 is 17.8 Å². The Morgan fingerprint density at radius 3 is 2.43 bits per heavy atom. The Hall–Kier alpha value is -3.09. The molecule has 1 aliphatic carbocycles. The van der Waals surface area contributed by atoms with Crippen molar-refractivity contribution < 1.29 is 14.3 Å². The summed E-state index contributed by atoms with van der Waals surface area (Å²) in [5, 5.41) is 6.48. The predicted molar refractivity (Wildman–Crippen MR) is 137 cm³/mol. The minimum Gasteiger partial charge on any atom is -0.445 e. The molecule has 0 atom stereocenters. The molecule has 1 aliphatic heterocycles. The van der Waals surface area contributed by atoms with Gasteiger partial charge >= 0.3 is 6.09 Å². The SMILES string of the molecule is Cc1ccc(COC(=O)N2CCC(CNC(=O)c3ccnc(NCC4CCCCC4)c3)CC2)cc1. The van der Waals surface area contributed by atoms with Crippen molar-refractivity contribution in [1.29, 1.82) is 0 Å². The number of hydrogen-bond donors (Lipinski definition) is 2. The lowest BCUT2D eigenvalue weighted by Gasteiger charge is -2.31. The number of carbonyl (C=O) groups is 2. The Morgan fingerprint density at radius 2 is 1.69 bits per heavy atom. The van der Waals surface area contributed by atoms with Crippen LogP contribution in [-0.4, -0.2) is 48.1 Å². The van der Waals surface area contributed by atoms with Gasteiger partial charge in [-0.3, -0.25) is 4.79 Å². The van der Waals surface area contributed by atoms with E-state index < -0.39 is 0 Å². The summed E-state index contributed by atoms with van der Waals surface area (Å²) < 4.78 is 5.47. The molecule has 2 aliphatic rings. The lowest BCUT2D eigenvalue weighted by atomic mass is 9.89. The number of nitrogens with zero attached hydrogens (tertiary/aromatic N) is 2. The molecule has 0 unspecified atom stereocenters. The maximum atomic E-state index is 12.7. The molecule has 0 bridgehead atoms. The molecular weight excluding hydrogens is 440 g/mol. The lowest BCUT2D eigenvalue weighted by molar-refractivity contribution is 0.0801. The molecule has 7 heteroatoms. The van der Waals surface area contributed by atoms with Crippen molar-refractivity contribution in [3.05, 3.63) is 59.3 Å². The Bertz CT molecular complexity index is 964. The molecule has 7 nitrogen and oxygen atoms in total. The van der Waals surface area contributed by atoms with Crippen LogP contribution in [-0.2, 0) is 11.3 Å². The quantitative estimate of drug-likeness (QED) is 0.547. The van der Waals surface area contributed by atoms with Crippen LogP contribution in [0.15, 0.2) is 42.6 Å². The van der Waals surface area contributed by atoms with E-state index in [0.29, 0.717) is 43.6 Å². The summed E-state index contributed by atoms with van der Waals surface area (Å²) in [6.07, 6.45) is 9.66. The first-order valence-corrected chi connectivity index (χ1v) is 13.0. The number of piperidine rings is 1. The zero-order valence-corrected chi connectivity index (χ0v) is 20.8. The summed E-state index contributed by atoms with van der Waals surface area (Å²) >= 11 is 0. The summed E-state index contributed by atoms with van der Waals surface area (Å²) in [6.45, 7) is 5.16. The maximum absolute atomic E-state index is 12.7. The van der Waals surface area contributed by atoms with Crippen molar-refractivity contribution in [2.24, 2.45) is 11.8 Å². The Balaban J connectivity index is 1.15. The Morgan fingerprint density at radius 1 is 0.971 bits per heavy atom. The number of aromatic nitrogens is 1. The van der Waals surface area contributed by atoms with Crippen LogP contribution in [0.25, 0.3) is 0 Å². The number of likely N-dealkylation sites (tertiary alicyclic amines) is 1. The van der Waals surface area contributed by atoms with E-state index in [-0.39, 0.29) is 12.0 Å². The predicted octanol–water partition coefficient (Wildman–Crippen LogP) is 5.16. The molecule has 1 aromatic carbocycles. The van der Waals surface area contributed by atoms with Gasteiger partial charge in [0.05, 0.1) is 0 Å². The molecule has 2 fully saturated rings. The monoisotopic (exact) mass is 478 g/mol. The first-order chi connectivity index (χ1) is 17.1. The fourth-order valence-electron chi connectivity index (χ4n) is 4.89. The van der Waals surface area contributed by atoms with E-state index >= 15 is 0 Å². The molecule has 0 radical (unpaired) electrons. The highest BCUT2D eigenvalue weighted by atomic mass is 16.6. The standard InChI is InChI=1S/C28H38N4O3/c1-21-7-9-24(10-8-21)20-35-28(34)32-15-12-23(13-16-32)19-31-27(33)25-11-14-29-26(17-25)30-18-22-5-3-2-4-6-22/h7-11,14,17,22-23H,2-6,12-13,15-16,18-20H2,1H3,(H,29,30)(H,31,33). The largest absolute Gasteiger partial charge is 0.445 e. The number of hydrogen-bond acceptors (Lipinski definition) is 5. The number of ether oxygens (including phenoxy) is 1. The molecular formula is C28H38N4O3. The number of rotatable bonds is 8. The van der Waals surface area contributed by atoms with Gasteiger partial charge in [-0.05, 0) is 62.1 Å². The third kappa shape index (κ3) is 7.70. The average Bonchev–Trinajstić information content (AvgIpc) is 2.91. The van der Waals surface area contributed by atoms with Crippen LogP contribution in [0.3, 0.4) is 0 Å². The van der Waals surface area contributed by atoms with Gasteiger partial charge in [-0.25, -0.2) is 9.78 Å². The van der Waals surface area contributed by atoms with Crippen LogP contribution >= 0.6 is 0 Å². The molecule has 1 saturated heterocycles. The number of pyridine rings is 1. The number of anilines is 1. The highest BCUT2D eigenvalue weighted by molar-refractivity contribution is 5.94. The van der Waals surface area contributed by atoms with Crippen LogP contribution in [0, 0.1) is 18.8 Å². The average molecular weight is 479 g/mol. The first kappa shape index (κ1) is 25.0. The van der Waals surface area contributed by atoms with Crippen molar-refractivity contribution in [2.45, 2.75) is 58.5 Å². The van der Waals surface area contributed by atoms with E-state index in [1.165, 1.54) is 37.7 Å². The zero-order valence-electron chi connectivity index (χ0n) is 20.8. The highest BCUT2D eigenvalue weighted by Gasteiger charge is 2.24. The van der Waals surface area contributed by atoms with Gasteiger partial charge in [0.2, 0.25) is 0 Å². The summed E-state index contributed by atoms with van der Waals surface area (Å²) in [7, 11) is 0. The van der Waals surface area contributed by atoms with Gasteiger partial charge in [-0.1, -0.05) is 49.1 Å². The number of nitrogens with one attached hydrogen (secondary N) is 2. The van der Waals surface area contributed by atoms with Gasteiger partial charge in [0.25, 0.3) is 5.91 Å². The van der Waals surface area contributed by atoms with E-state index in [0.717, 1.165) is 30.8 Å². The van der Waals surface area contributed by atoms with Gasteiger partial charge in [-0.15, -0.1) is 0 Å². The fraction of sp³-hybridized carbons (Fsp3) is 0.536. The lowest BCUT2D eigenvalue weighted by Crippen LogP contribution is -2.41. The van der Waals surface area contributed by atoms with Gasteiger partial charge in [0, 0.05) is 37.9 Å². The van der Waals surface area contributed by atoms with Crippen molar-refractivity contribution in [2.75, 3.05) is 31.5 Å². The molecule has 2 N–H and O–H groups in total. The van der Waals surface area contributed by atoms with E-state index in [2.05, 4.69) is 15.6 Å². The summed E-state index contributed by atoms with van der Waals surface area (Å²) in [5.41, 5.74) is 2.80. The number of aryl methyl sites for hydroxylation is 1. The smallest absolute Gasteiger partial charge is 0.410 e. The maximum Gasteiger partial charge on any atom is 0.410 e. The van der Waals surface area contributed by atoms with E-state index in [9.17, 15) is 9.59 Å². The second-order valence-corrected chi connectivity index (χ2v) is 10.00. The molecule has 2 heterocycles. The molecule has 188 valence electrons. The van der Waals surface area contributed by atoms with E-state index in [1.54, 1.807) is 17.2 Å². The van der Waals surface area contributed by atoms with Gasteiger partial charge in [-0.2, -0.15) is 0 Å². The van der Waals surface area contributed by atoms with E-state index in [1.807, 2.05) is 37.3 Å². The van der Waals surface area contributed by atoms with Gasteiger partial charge in [0.1, 0.15) is 12.4 Å². The molecule has 0 spiro atoms. The van der Waals surface area contributed by atoms with Gasteiger partial charge < -0.3 is 20.3 Å². The van der Waals surface area contributed by atoms with Crippen LogP contribution in [0.4, 0.5) is 10.6 Å².